The van der Waals surface area contributed by atoms with Crippen LogP contribution in [0.4, 0.5) is 4.39 Å². The van der Waals surface area contributed by atoms with E-state index in [1.165, 1.54) is 23.5 Å². The fraction of sp³-hybridized carbons (Fsp3) is 0. The molecule has 0 amide bonds. The molecule has 0 fully saturated rings. The second-order valence-electron chi connectivity index (χ2n) is 3.91. The summed E-state index contributed by atoms with van der Waals surface area (Å²) in [5.41, 5.74) is 1.44. The Labute approximate surface area is 140 Å². The van der Waals surface area contributed by atoms with Crippen LogP contribution >= 0.6 is 56.5 Å². The Hall–Kier alpha value is -0.480. The molecule has 6 heteroatoms. The molecular formula is C13H6FI2NOS. The third-order valence-electron chi connectivity index (χ3n) is 2.61. The number of benzene rings is 2. The first-order chi connectivity index (χ1) is 9.04. The molecule has 0 spiro atoms. The van der Waals surface area contributed by atoms with Gasteiger partial charge in [0.05, 0.1) is 19.4 Å². The molecule has 0 saturated heterocycles. The Morgan fingerprint density at radius 2 is 1.95 bits per heavy atom. The number of hydrogen-bond donors (Lipinski definition) is 1. The fourth-order valence-electron chi connectivity index (χ4n) is 1.74. The smallest absolute Gasteiger partial charge is 0.139 e. The minimum absolute atomic E-state index is 0.223. The topological polar surface area (TPSA) is 33.1 Å². The maximum absolute atomic E-state index is 13.2. The molecule has 0 saturated carbocycles. The van der Waals surface area contributed by atoms with Crippen molar-refractivity contribution in [2.45, 2.75) is 0 Å². The van der Waals surface area contributed by atoms with Crippen LogP contribution in [0.2, 0.25) is 0 Å². The van der Waals surface area contributed by atoms with Gasteiger partial charge in [0.25, 0.3) is 0 Å². The van der Waals surface area contributed by atoms with Crippen LogP contribution in [0.25, 0.3) is 20.8 Å². The molecule has 1 heterocycles. The number of rotatable bonds is 1. The Balaban J connectivity index is 2.24. The highest BCUT2D eigenvalue weighted by atomic mass is 127. The molecule has 0 bridgehead atoms. The van der Waals surface area contributed by atoms with Crippen molar-refractivity contribution in [1.29, 1.82) is 0 Å². The van der Waals surface area contributed by atoms with Crippen LogP contribution in [-0.4, -0.2) is 10.1 Å². The Bertz CT molecular complexity index is 788. The summed E-state index contributed by atoms with van der Waals surface area (Å²) in [7, 11) is 0. The first kappa shape index (κ1) is 13.5. The first-order valence-corrected chi connectivity index (χ1v) is 8.26. The zero-order valence-corrected chi connectivity index (χ0v) is 14.5. The Morgan fingerprint density at radius 3 is 2.74 bits per heavy atom. The number of halogens is 3. The van der Waals surface area contributed by atoms with Gasteiger partial charge in [-0.15, -0.1) is 11.3 Å². The van der Waals surface area contributed by atoms with Gasteiger partial charge in [0.1, 0.15) is 16.6 Å². The van der Waals surface area contributed by atoms with Crippen molar-refractivity contribution < 1.29 is 9.50 Å². The van der Waals surface area contributed by atoms with Gasteiger partial charge in [-0.25, -0.2) is 9.37 Å². The summed E-state index contributed by atoms with van der Waals surface area (Å²) < 4.78 is 15.8. The Kier molecular flexibility index (Phi) is 3.65. The van der Waals surface area contributed by atoms with Crippen LogP contribution in [-0.2, 0) is 0 Å². The van der Waals surface area contributed by atoms with Crippen molar-refractivity contribution in [2.75, 3.05) is 0 Å². The second-order valence-corrected chi connectivity index (χ2v) is 7.35. The SMILES string of the molecule is Oc1c(I)cc(I)cc1-c1nc2ccc(F)cc2s1. The van der Waals surface area contributed by atoms with E-state index in [4.69, 9.17) is 0 Å². The largest absolute Gasteiger partial charge is 0.506 e. The summed E-state index contributed by atoms with van der Waals surface area (Å²) in [4.78, 5) is 4.45. The predicted octanol–water partition coefficient (Wildman–Crippen LogP) is 5.02. The summed E-state index contributed by atoms with van der Waals surface area (Å²) in [6, 6.07) is 8.29. The molecule has 2 nitrogen and oxygen atoms in total. The van der Waals surface area contributed by atoms with Crippen molar-refractivity contribution in [3.05, 3.63) is 43.3 Å². The quantitative estimate of drug-likeness (QED) is 0.480. The van der Waals surface area contributed by atoms with Gasteiger partial charge in [-0.3, -0.25) is 0 Å². The van der Waals surface area contributed by atoms with Crippen LogP contribution in [0, 0.1) is 13.0 Å². The van der Waals surface area contributed by atoms with E-state index in [1.807, 2.05) is 12.1 Å². The molecule has 1 N–H and O–H groups in total. The second kappa shape index (κ2) is 5.13. The molecule has 0 aliphatic heterocycles. The van der Waals surface area contributed by atoms with Crippen LogP contribution in [0.1, 0.15) is 0 Å². The molecule has 96 valence electrons. The van der Waals surface area contributed by atoms with E-state index in [2.05, 4.69) is 50.2 Å². The highest BCUT2D eigenvalue weighted by molar-refractivity contribution is 14.1. The number of aromatic hydroxyl groups is 1. The zero-order valence-electron chi connectivity index (χ0n) is 9.32. The average molecular weight is 497 g/mol. The fourth-order valence-corrected chi connectivity index (χ4v) is 4.60. The van der Waals surface area contributed by atoms with Gasteiger partial charge in [-0.2, -0.15) is 0 Å². The third-order valence-corrected chi connectivity index (χ3v) is 5.11. The van der Waals surface area contributed by atoms with E-state index < -0.39 is 0 Å². The van der Waals surface area contributed by atoms with Crippen molar-refractivity contribution in [3.63, 3.8) is 0 Å². The average Bonchev–Trinajstić information content (AvgIpc) is 2.76. The van der Waals surface area contributed by atoms with E-state index in [9.17, 15) is 9.50 Å². The van der Waals surface area contributed by atoms with Crippen LogP contribution in [0.5, 0.6) is 5.75 Å². The first-order valence-electron chi connectivity index (χ1n) is 5.29. The molecule has 19 heavy (non-hydrogen) atoms. The van der Waals surface area contributed by atoms with Gasteiger partial charge in [0.15, 0.2) is 0 Å². The number of thiazole rings is 1. The molecule has 3 rings (SSSR count). The van der Waals surface area contributed by atoms with Crippen molar-refractivity contribution in [2.24, 2.45) is 0 Å². The summed E-state index contributed by atoms with van der Waals surface area (Å²) in [6.07, 6.45) is 0. The summed E-state index contributed by atoms with van der Waals surface area (Å²) in [5.74, 6) is -0.0512. The predicted molar refractivity (Wildman–Crippen MR) is 92.1 cm³/mol. The van der Waals surface area contributed by atoms with Gasteiger partial charge >= 0.3 is 0 Å². The number of aromatic nitrogens is 1. The molecule has 2 aromatic carbocycles. The van der Waals surface area contributed by atoms with Crippen molar-refractivity contribution in [1.82, 2.24) is 4.98 Å². The molecule has 0 radical (unpaired) electrons. The van der Waals surface area contributed by atoms with E-state index >= 15 is 0 Å². The molecule has 0 atom stereocenters. The monoisotopic (exact) mass is 497 g/mol. The normalized spacial score (nSPS) is 11.1. The number of nitrogens with zero attached hydrogens (tertiary/aromatic N) is 1. The lowest BCUT2D eigenvalue weighted by atomic mass is 10.2. The molecule has 0 unspecified atom stereocenters. The van der Waals surface area contributed by atoms with Crippen molar-refractivity contribution >= 4 is 66.7 Å². The number of fused-ring (bicyclic) bond motifs is 1. The molecular weight excluding hydrogens is 491 g/mol. The maximum atomic E-state index is 13.2. The highest BCUT2D eigenvalue weighted by Gasteiger charge is 2.14. The lowest BCUT2D eigenvalue weighted by molar-refractivity contribution is 0.473. The van der Waals surface area contributed by atoms with Crippen LogP contribution in [0.3, 0.4) is 0 Å². The third kappa shape index (κ3) is 2.57. The Morgan fingerprint density at radius 1 is 1.16 bits per heavy atom. The number of hydrogen-bond acceptors (Lipinski definition) is 3. The number of phenols is 1. The van der Waals surface area contributed by atoms with Gasteiger partial charge < -0.3 is 5.11 Å². The lowest BCUT2D eigenvalue weighted by Crippen LogP contribution is -1.84. The maximum Gasteiger partial charge on any atom is 0.139 e. The van der Waals surface area contributed by atoms with Gasteiger partial charge in [0.2, 0.25) is 0 Å². The van der Waals surface area contributed by atoms with Crippen LogP contribution < -0.4 is 0 Å². The van der Waals surface area contributed by atoms with E-state index in [-0.39, 0.29) is 11.6 Å². The molecule has 0 aliphatic carbocycles. The highest BCUT2D eigenvalue weighted by Crippen LogP contribution is 2.38. The molecule has 0 aliphatic rings. The van der Waals surface area contributed by atoms with Gasteiger partial charge in [-0.05, 0) is 75.5 Å². The summed E-state index contributed by atoms with van der Waals surface area (Å²) >= 11 is 5.67. The standard InChI is InChI=1S/C13H6FI2NOS/c14-6-1-2-10-11(3-6)19-13(17-10)8-4-7(15)5-9(16)12(8)18/h1-5,18H. The lowest BCUT2D eigenvalue weighted by Gasteiger charge is -2.04. The van der Waals surface area contributed by atoms with Gasteiger partial charge in [-0.1, -0.05) is 0 Å². The summed E-state index contributed by atoms with van der Waals surface area (Å²) in [5, 5.41) is 10.8. The van der Waals surface area contributed by atoms with Gasteiger partial charge in [0, 0.05) is 3.57 Å². The number of phenolic OH excluding ortho intramolecular Hbond substituents is 1. The minimum atomic E-state index is -0.274. The zero-order chi connectivity index (χ0) is 13.6. The molecule has 3 aromatic rings. The van der Waals surface area contributed by atoms with E-state index in [1.54, 1.807) is 6.07 Å². The van der Waals surface area contributed by atoms with Crippen LogP contribution in [0.15, 0.2) is 30.3 Å². The molecule has 1 aromatic heterocycles. The minimum Gasteiger partial charge on any atom is -0.506 e. The van der Waals surface area contributed by atoms with Crippen molar-refractivity contribution in [3.8, 4) is 16.3 Å². The van der Waals surface area contributed by atoms with E-state index in [0.717, 1.165) is 17.4 Å². The summed E-state index contributed by atoms with van der Waals surface area (Å²) in [6.45, 7) is 0. The van der Waals surface area contributed by atoms with E-state index in [0.29, 0.717) is 10.6 Å².